The lowest BCUT2D eigenvalue weighted by molar-refractivity contribution is -0.142. The molecule has 0 aliphatic heterocycles. The molecular weight excluding hydrogens is 328 g/mol. The van der Waals surface area contributed by atoms with Crippen molar-refractivity contribution >= 4 is 11.9 Å². The predicted molar refractivity (Wildman–Crippen MR) is 107 cm³/mol. The molecule has 4 nitrogen and oxygen atoms in total. The van der Waals surface area contributed by atoms with E-state index in [-0.39, 0.29) is 0 Å². The number of allylic oxidation sites excluding steroid dienone is 2. The first-order chi connectivity index (χ1) is 12.6. The first-order valence-electron chi connectivity index (χ1n) is 10.4. The molecule has 0 bridgehead atoms. The van der Waals surface area contributed by atoms with Gasteiger partial charge in [0.2, 0.25) is 0 Å². The van der Waals surface area contributed by atoms with E-state index in [1.54, 1.807) is 0 Å². The smallest absolute Gasteiger partial charge is 0.338 e. The molecule has 150 valence electrons. The Hall–Kier alpha value is -1.58. The first kappa shape index (κ1) is 24.4. The van der Waals surface area contributed by atoms with Gasteiger partial charge in [0.25, 0.3) is 0 Å². The zero-order chi connectivity index (χ0) is 19.6. The van der Waals surface area contributed by atoms with Crippen molar-refractivity contribution in [3.8, 4) is 0 Å². The minimum Gasteiger partial charge on any atom is -0.462 e. The van der Waals surface area contributed by atoms with E-state index in [0.717, 1.165) is 64.2 Å². The van der Waals surface area contributed by atoms with Crippen LogP contribution in [0.25, 0.3) is 0 Å². The van der Waals surface area contributed by atoms with Crippen LogP contribution >= 0.6 is 0 Å². The first-order valence-corrected chi connectivity index (χ1v) is 10.4. The highest BCUT2D eigenvalue weighted by atomic mass is 16.5. The summed E-state index contributed by atoms with van der Waals surface area (Å²) >= 11 is 0. The summed E-state index contributed by atoms with van der Waals surface area (Å²) in [5.41, 5.74) is 0.735. The number of hydrogen-bond donors (Lipinski definition) is 0. The molecule has 0 radical (unpaired) electrons. The molecule has 26 heavy (non-hydrogen) atoms. The third-order valence-electron chi connectivity index (χ3n) is 4.00. The molecule has 0 saturated heterocycles. The van der Waals surface area contributed by atoms with Crippen molar-refractivity contribution in [1.82, 2.24) is 0 Å². The van der Waals surface area contributed by atoms with Gasteiger partial charge in [-0.2, -0.15) is 0 Å². The highest BCUT2D eigenvalue weighted by Gasteiger charge is 2.23. The van der Waals surface area contributed by atoms with Gasteiger partial charge < -0.3 is 9.47 Å². The second kappa shape index (κ2) is 16.9. The number of unbranched alkanes of at least 4 members (excludes halogenated alkanes) is 6. The highest BCUT2D eigenvalue weighted by Crippen LogP contribution is 2.19. The second-order valence-corrected chi connectivity index (χ2v) is 6.50. The average Bonchev–Trinajstić information content (AvgIpc) is 2.63. The van der Waals surface area contributed by atoms with E-state index in [4.69, 9.17) is 9.47 Å². The van der Waals surface area contributed by atoms with Crippen LogP contribution in [0.15, 0.2) is 23.3 Å². The molecule has 0 unspecified atom stereocenters. The third kappa shape index (κ3) is 11.1. The summed E-state index contributed by atoms with van der Waals surface area (Å²) in [6, 6.07) is 0. The van der Waals surface area contributed by atoms with Gasteiger partial charge in [-0.25, -0.2) is 9.59 Å². The zero-order valence-corrected chi connectivity index (χ0v) is 17.3. The van der Waals surface area contributed by atoms with Crippen molar-refractivity contribution in [3.63, 3.8) is 0 Å². The maximum absolute atomic E-state index is 12.6. The van der Waals surface area contributed by atoms with Crippen LogP contribution in [0.2, 0.25) is 0 Å². The fourth-order valence-corrected chi connectivity index (χ4v) is 2.28. The summed E-state index contributed by atoms with van der Waals surface area (Å²) in [6.07, 6.45) is 12.8. The Labute approximate surface area is 160 Å². The van der Waals surface area contributed by atoms with Crippen LogP contribution in [0, 0.1) is 0 Å². The van der Waals surface area contributed by atoms with Gasteiger partial charge in [-0.05, 0) is 25.7 Å². The van der Waals surface area contributed by atoms with E-state index in [9.17, 15) is 9.59 Å². The Morgan fingerprint density at radius 2 is 0.962 bits per heavy atom. The summed E-state index contributed by atoms with van der Waals surface area (Å²) in [5.74, 6) is -0.825. The lowest BCUT2D eigenvalue weighted by Crippen LogP contribution is -2.18. The van der Waals surface area contributed by atoms with Gasteiger partial charge in [0, 0.05) is 0 Å². The molecule has 0 fully saturated rings. The van der Waals surface area contributed by atoms with E-state index in [0.29, 0.717) is 24.4 Å². The van der Waals surface area contributed by atoms with Gasteiger partial charge in [-0.15, -0.1) is 0 Å². The molecule has 0 N–H and O–H groups in total. The third-order valence-corrected chi connectivity index (χ3v) is 4.00. The van der Waals surface area contributed by atoms with Crippen LogP contribution in [-0.4, -0.2) is 25.2 Å². The molecule has 0 aromatic heterocycles. The van der Waals surface area contributed by atoms with Gasteiger partial charge in [0.15, 0.2) is 0 Å². The van der Waals surface area contributed by atoms with E-state index < -0.39 is 11.9 Å². The summed E-state index contributed by atoms with van der Waals surface area (Å²) in [6.45, 7) is 9.06. The largest absolute Gasteiger partial charge is 0.462 e. The van der Waals surface area contributed by atoms with Gasteiger partial charge >= 0.3 is 11.9 Å². The molecule has 4 heteroatoms. The van der Waals surface area contributed by atoms with Gasteiger partial charge in [0.05, 0.1) is 24.4 Å². The Bertz CT molecular complexity index is 407. The molecule has 0 aliphatic rings. The van der Waals surface area contributed by atoms with Crippen LogP contribution in [0.4, 0.5) is 0 Å². The molecule has 0 atom stereocenters. The number of hydrogen-bond acceptors (Lipinski definition) is 4. The topological polar surface area (TPSA) is 52.6 Å². The molecular formula is C22H38O4. The van der Waals surface area contributed by atoms with Crippen LogP contribution in [0.1, 0.15) is 91.9 Å². The fraction of sp³-hybridized carbons (Fsp3) is 0.727. The summed E-state index contributed by atoms with van der Waals surface area (Å²) in [4.78, 5) is 25.2. The van der Waals surface area contributed by atoms with Crippen LogP contribution < -0.4 is 0 Å². The monoisotopic (exact) mass is 366 g/mol. The number of carbonyl (C=O) groups is 2. The second-order valence-electron chi connectivity index (χ2n) is 6.50. The van der Waals surface area contributed by atoms with E-state index in [1.165, 1.54) is 0 Å². The Balaban J connectivity index is 5.38. The van der Waals surface area contributed by atoms with Crippen molar-refractivity contribution in [1.29, 1.82) is 0 Å². The minimum absolute atomic E-state index is 0.368. The maximum atomic E-state index is 12.6. The molecule has 0 spiro atoms. The molecule has 0 rings (SSSR count). The molecule has 0 aromatic rings. The number of ether oxygens (including phenoxy) is 2. The highest BCUT2D eigenvalue weighted by molar-refractivity contribution is 6.06. The fourth-order valence-electron chi connectivity index (χ4n) is 2.28. The summed E-state index contributed by atoms with van der Waals surface area (Å²) in [5, 5.41) is 0. The van der Waals surface area contributed by atoms with Crippen LogP contribution in [0.5, 0.6) is 0 Å². The zero-order valence-electron chi connectivity index (χ0n) is 17.3. The summed E-state index contributed by atoms with van der Waals surface area (Å²) < 4.78 is 10.8. The average molecular weight is 367 g/mol. The van der Waals surface area contributed by atoms with Crippen molar-refractivity contribution in [2.75, 3.05) is 13.2 Å². The SMILES string of the molecule is CCCCC=C(C(=O)OCCCC)C(=CCCCC)C(=O)OCCCC. The van der Waals surface area contributed by atoms with E-state index in [2.05, 4.69) is 13.8 Å². The van der Waals surface area contributed by atoms with Crippen molar-refractivity contribution in [3.05, 3.63) is 23.3 Å². The van der Waals surface area contributed by atoms with Gasteiger partial charge in [-0.3, -0.25) is 0 Å². The summed E-state index contributed by atoms with van der Waals surface area (Å²) in [7, 11) is 0. The molecule has 0 heterocycles. The number of carbonyl (C=O) groups excluding carboxylic acids is 2. The van der Waals surface area contributed by atoms with Crippen LogP contribution in [0.3, 0.4) is 0 Å². The lowest BCUT2D eigenvalue weighted by Gasteiger charge is -2.13. The Morgan fingerprint density at radius 1 is 0.615 bits per heavy atom. The van der Waals surface area contributed by atoms with E-state index in [1.807, 2.05) is 26.0 Å². The van der Waals surface area contributed by atoms with Crippen molar-refractivity contribution in [2.45, 2.75) is 91.9 Å². The van der Waals surface area contributed by atoms with Crippen molar-refractivity contribution in [2.24, 2.45) is 0 Å². The molecule has 0 aliphatic carbocycles. The van der Waals surface area contributed by atoms with Crippen LogP contribution in [-0.2, 0) is 19.1 Å². The van der Waals surface area contributed by atoms with Gasteiger partial charge in [-0.1, -0.05) is 78.4 Å². The standard InChI is InChI=1S/C22H38O4/c1-5-9-13-15-19(21(23)25-17-11-7-3)20(16-14-10-6-2)22(24)26-18-12-8-4/h15-16H,5-14,17-18H2,1-4H3. The van der Waals surface area contributed by atoms with E-state index >= 15 is 0 Å². The number of rotatable bonds is 15. The molecule has 0 saturated carbocycles. The Kier molecular flexibility index (Phi) is 15.8. The quantitative estimate of drug-likeness (QED) is 0.156. The van der Waals surface area contributed by atoms with Crippen molar-refractivity contribution < 1.29 is 19.1 Å². The maximum Gasteiger partial charge on any atom is 0.338 e. The molecule has 0 amide bonds. The number of esters is 2. The normalized spacial score (nSPS) is 12.2. The van der Waals surface area contributed by atoms with Gasteiger partial charge in [0.1, 0.15) is 0 Å². The predicted octanol–water partition coefficient (Wildman–Crippen LogP) is 5.91. The molecule has 0 aromatic carbocycles. The Morgan fingerprint density at radius 3 is 1.27 bits per heavy atom. The lowest BCUT2D eigenvalue weighted by atomic mass is 10.0. The minimum atomic E-state index is -0.412.